The first-order valence-corrected chi connectivity index (χ1v) is 9.30. The van der Waals surface area contributed by atoms with E-state index < -0.39 is 0 Å². The van der Waals surface area contributed by atoms with Gasteiger partial charge in [-0.1, -0.05) is 18.2 Å². The number of nitrogens with zero attached hydrogens (tertiary/aromatic N) is 2. The maximum Gasteiger partial charge on any atom is 0.231 e. The van der Waals surface area contributed by atoms with Gasteiger partial charge in [0.15, 0.2) is 11.5 Å². The molecular weight excluding hydrogens is 347 g/mol. The Hall–Kier alpha value is -2.60. The minimum atomic E-state index is -0.253. The average molecular weight is 370 g/mol. The van der Waals surface area contributed by atoms with E-state index in [2.05, 4.69) is 11.0 Å². The van der Waals surface area contributed by atoms with Crippen molar-refractivity contribution in [1.82, 2.24) is 9.80 Å². The number of aryl methyl sites for hydroxylation is 1. The fourth-order valence-corrected chi connectivity index (χ4v) is 3.55. The van der Waals surface area contributed by atoms with E-state index in [0.29, 0.717) is 12.8 Å². The van der Waals surface area contributed by atoms with Gasteiger partial charge in [0, 0.05) is 39.1 Å². The van der Waals surface area contributed by atoms with Crippen LogP contribution in [-0.4, -0.2) is 48.7 Å². The Labute approximate surface area is 158 Å². The van der Waals surface area contributed by atoms with Crippen LogP contribution in [0.15, 0.2) is 42.5 Å². The number of rotatable bonds is 5. The zero-order chi connectivity index (χ0) is 18.6. The van der Waals surface area contributed by atoms with E-state index in [1.165, 1.54) is 17.7 Å². The molecule has 142 valence electrons. The summed E-state index contributed by atoms with van der Waals surface area (Å²) in [7, 11) is 0. The molecule has 2 aliphatic rings. The number of piperazine rings is 1. The Morgan fingerprint density at radius 1 is 0.963 bits per heavy atom. The summed E-state index contributed by atoms with van der Waals surface area (Å²) in [6.07, 6.45) is 1.000. The predicted octanol–water partition coefficient (Wildman–Crippen LogP) is 2.83. The topological polar surface area (TPSA) is 42.0 Å². The van der Waals surface area contributed by atoms with Gasteiger partial charge in [-0.05, 0) is 41.8 Å². The minimum Gasteiger partial charge on any atom is -0.454 e. The number of hydrogen-bond donors (Lipinski definition) is 0. The van der Waals surface area contributed by atoms with Crippen molar-refractivity contribution in [3.05, 3.63) is 59.4 Å². The zero-order valence-corrected chi connectivity index (χ0v) is 15.2. The van der Waals surface area contributed by atoms with E-state index in [-0.39, 0.29) is 18.5 Å². The largest absolute Gasteiger partial charge is 0.454 e. The molecule has 2 aromatic carbocycles. The van der Waals surface area contributed by atoms with Crippen molar-refractivity contribution in [2.24, 2.45) is 0 Å². The predicted molar refractivity (Wildman–Crippen MR) is 99.1 cm³/mol. The Bertz CT molecular complexity index is 819. The fourth-order valence-electron chi connectivity index (χ4n) is 3.55. The number of carbonyl (C=O) groups is 1. The van der Waals surface area contributed by atoms with Crippen LogP contribution in [0, 0.1) is 5.82 Å². The standard InChI is InChI=1S/C21H23FN2O3/c22-18-3-1-2-16(12-18)5-7-21(25)24-10-8-23(9-11-24)14-17-4-6-19-20(13-17)27-15-26-19/h1-4,6,12-13H,5,7-11,14-15H2. The van der Waals surface area contributed by atoms with Gasteiger partial charge in [-0.3, -0.25) is 9.69 Å². The van der Waals surface area contributed by atoms with Crippen molar-refractivity contribution >= 4 is 5.91 Å². The normalized spacial score (nSPS) is 16.6. The van der Waals surface area contributed by atoms with Gasteiger partial charge in [0.2, 0.25) is 12.7 Å². The Morgan fingerprint density at radius 3 is 2.59 bits per heavy atom. The molecule has 0 atom stereocenters. The second kappa shape index (κ2) is 7.96. The van der Waals surface area contributed by atoms with Crippen molar-refractivity contribution in [2.75, 3.05) is 33.0 Å². The molecule has 2 aromatic rings. The quantitative estimate of drug-likeness (QED) is 0.812. The number of carbonyl (C=O) groups excluding carboxylic acids is 1. The summed E-state index contributed by atoms with van der Waals surface area (Å²) in [5.41, 5.74) is 2.05. The van der Waals surface area contributed by atoms with Crippen LogP contribution >= 0.6 is 0 Å². The van der Waals surface area contributed by atoms with Gasteiger partial charge in [-0.25, -0.2) is 4.39 Å². The highest BCUT2D eigenvalue weighted by Gasteiger charge is 2.21. The third-order valence-corrected chi connectivity index (χ3v) is 5.08. The monoisotopic (exact) mass is 370 g/mol. The highest BCUT2D eigenvalue weighted by molar-refractivity contribution is 5.76. The van der Waals surface area contributed by atoms with Crippen molar-refractivity contribution in [1.29, 1.82) is 0 Å². The fraction of sp³-hybridized carbons (Fsp3) is 0.381. The summed E-state index contributed by atoms with van der Waals surface area (Å²) in [4.78, 5) is 16.7. The van der Waals surface area contributed by atoms with Gasteiger partial charge >= 0.3 is 0 Å². The molecule has 0 N–H and O–H groups in total. The smallest absolute Gasteiger partial charge is 0.231 e. The maximum atomic E-state index is 13.2. The van der Waals surface area contributed by atoms with E-state index in [0.717, 1.165) is 49.8 Å². The van der Waals surface area contributed by atoms with Crippen LogP contribution in [0.25, 0.3) is 0 Å². The molecule has 1 saturated heterocycles. The Kier molecular flexibility index (Phi) is 5.25. The second-order valence-electron chi connectivity index (χ2n) is 6.97. The maximum absolute atomic E-state index is 13.2. The minimum absolute atomic E-state index is 0.141. The van der Waals surface area contributed by atoms with Crippen molar-refractivity contribution in [3.63, 3.8) is 0 Å². The lowest BCUT2D eigenvalue weighted by Crippen LogP contribution is -2.48. The molecule has 6 heteroatoms. The first-order valence-electron chi connectivity index (χ1n) is 9.30. The first-order chi connectivity index (χ1) is 13.2. The Balaban J connectivity index is 1.24. The van der Waals surface area contributed by atoms with E-state index >= 15 is 0 Å². The van der Waals surface area contributed by atoms with E-state index in [1.807, 2.05) is 23.1 Å². The van der Waals surface area contributed by atoms with Gasteiger partial charge in [-0.15, -0.1) is 0 Å². The molecule has 1 amide bonds. The van der Waals surface area contributed by atoms with Crippen LogP contribution in [0.2, 0.25) is 0 Å². The van der Waals surface area contributed by atoms with Crippen molar-refractivity contribution < 1.29 is 18.7 Å². The van der Waals surface area contributed by atoms with Gasteiger partial charge in [-0.2, -0.15) is 0 Å². The lowest BCUT2D eigenvalue weighted by Gasteiger charge is -2.34. The molecule has 0 radical (unpaired) electrons. The number of benzene rings is 2. The van der Waals surface area contributed by atoms with Crippen LogP contribution in [0.4, 0.5) is 4.39 Å². The molecule has 0 spiro atoms. The number of ether oxygens (including phenoxy) is 2. The molecule has 0 aromatic heterocycles. The lowest BCUT2D eigenvalue weighted by atomic mass is 10.1. The number of halogens is 1. The molecule has 5 nitrogen and oxygen atoms in total. The molecule has 2 heterocycles. The molecule has 0 unspecified atom stereocenters. The van der Waals surface area contributed by atoms with E-state index in [1.54, 1.807) is 6.07 Å². The molecular formula is C21H23FN2O3. The van der Waals surface area contributed by atoms with Gasteiger partial charge < -0.3 is 14.4 Å². The summed E-state index contributed by atoms with van der Waals surface area (Å²) < 4.78 is 24.0. The first kappa shape index (κ1) is 17.8. The molecule has 0 saturated carbocycles. The zero-order valence-electron chi connectivity index (χ0n) is 15.2. The second-order valence-corrected chi connectivity index (χ2v) is 6.97. The molecule has 27 heavy (non-hydrogen) atoms. The Morgan fingerprint density at radius 2 is 1.78 bits per heavy atom. The molecule has 2 aliphatic heterocycles. The summed E-state index contributed by atoms with van der Waals surface area (Å²) in [6, 6.07) is 12.5. The third-order valence-electron chi connectivity index (χ3n) is 5.08. The number of fused-ring (bicyclic) bond motifs is 1. The van der Waals surface area contributed by atoms with Crippen LogP contribution in [0.5, 0.6) is 11.5 Å². The van der Waals surface area contributed by atoms with Crippen LogP contribution in [0.3, 0.4) is 0 Å². The number of hydrogen-bond acceptors (Lipinski definition) is 4. The third kappa shape index (κ3) is 4.39. The van der Waals surface area contributed by atoms with Gasteiger partial charge in [0.05, 0.1) is 0 Å². The van der Waals surface area contributed by atoms with Crippen molar-refractivity contribution in [2.45, 2.75) is 19.4 Å². The van der Waals surface area contributed by atoms with Crippen LogP contribution < -0.4 is 9.47 Å². The van der Waals surface area contributed by atoms with Gasteiger partial charge in [0.25, 0.3) is 0 Å². The summed E-state index contributed by atoms with van der Waals surface area (Å²) in [6.45, 7) is 4.27. The molecule has 0 aliphatic carbocycles. The summed E-state index contributed by atoms with van der Waals surface area (Å²) in [5, 5.41) is 0. The molecule has 1 fully saturated rings. The number of amides is 1. The summed E-state index contributed by atoms with van der Waals surface area (Å²) in [5.74, 6) is 1.49. The van der Waals surface area contributed by atoms with Crippen LogP contribution in [0.1, 0.15) is 17.5 Å². The van der Waals surface area contributed by atoms with E-state index in [4.69, 9.17) is 9.47 Å². The SMILES string of the molecule is O=C(CCc1cccc(F)c1)N1CCN(Cc2ccc3c(c2)OCO3)CC1. The average Bonchev–Trinajstić information content (AvgIpc) is 3.15. The highest BCUT2D eigenvalue weighted by Crippen LogP contribution is 2.32. The molecule has 0 bridgehead atoms. The van der Waals surface area contributed by atoms with Crippen molar-refractivity contribution in [3.8, 4) is 11.5 Å². The molecule has 4 rings (SSSR count). The highest BCUT2D eigenvalue weighted by atomic mass is 19.1. The van der Waals surface area contributed by atoms with Crippen LogP contribution in [-0.2, 0) is 17.8 Å². The van der Waals surface area contributed by atoms with Gasteiger partial charge in [0.1, 0.15) is 5.82 Å². The van der Waals surface area contributed by atoms with E-state index in [9.17, 15) is 9.18 Å². The summed E-state index contributed by atoms with van der Waals surface area (Å²) >= 11 is 0. The lowest BCUT2D eigenvalue weighted by molar-refractivity contribution is -0.133.